The summed E-state index contributed by atoms with van der Waals surface area (Å²) in [5.41, 5.74) is 2.11. The minimum atomic E-state index is -0.0714. The van der Waals surface area contributed by atoms with Crippen LogP contribution in [-0.4, -0.2) is 41.1 Å². The van der Waals surface area contributed by atoms with Gasteiger partial charge in [0.05, 0.1) is 0 Å². The van der Waals surface area contributed by atoms with E-state index in [0.717, 1.165) is 42.9 Å². The van der Waals surface area contributed by atoms with Gasteiger partial charge in [-0.1, -0.05) is 32.0 Å². The number of benzene rings is 1. The lowest BCUT2D eigenvalue weighted by molar-refractivity contribution is 0.581. The van der Waals surface area contributed by atoms with Crippen molar-refractivity contribution in [2.45, 2.75) is 26.3 Å². The second kappa shape index (κ2) is 7.98. The molecule has 0 saturated carbocycles. The maximum Gasteiger partial charge on any atom is 0.255 e. The van der Waals surface area contributed by atoms with Gasteiger partial charge in [-0.3, -0.25) is 4.79 Å². The van der Waals surface area contributed by atoms with E-state index < -0.39 is 0 Å². The van der Waals surface area contributed by atoms with Crippen molar-refractivity contribution in [2.75, 3.05) is 36.4 Å². The molecule has 1 aromatic carbocycles. The van der Waals surface area contributed by atoms with E-state index in [1.54, 1.807) is 6.20 Å². The van der Waals surface area contributed by atoms with Crippen LogP contribution in [0.5, 0.6) is 0 Å². The van der Waals surface area contributed by atoms with E-state index in [2.05, 4.69) is 39.3 Å². The van der Waals surface area contributed by atoms with E-state index >= 15 is 0 Å². The monoisotopic (exact) mass is 378 g/mol. The van der Waals surface area contributed by atoms with Crippen molar-refractivity contribution in [1.82, 2.24) is 20.3 Å². The molecule has 1 saturated heterocycles. The van der Waals surface area contributed by atoms with Crippen LogP contribution >= 0.6 is 0 Å². The van der Waals surface area contributed by atoms with E-state index in [9.17, 15) is 4.79 Å². The van der Waals surface area contributed by atoms with Gasteiger partial charge in [-0.05, 0) is 22.9 Å². The van der Waals surface area contributed by atoms with Crippen LogP contribution in [0.25, 0.3) is 10.8 Å². The summed E-state index contributed by atoms with van der Waals surface area (Å²) in [5, 5.41) is 8.36. The Morgan fingerprint density at radius 3 is 2.68 bits per heavy atom. The van der Waals surface area contributed by atoms with Crippen molar-refractivity contribution >= 4 is 22.5 Å². The Bertz CT molecular complexity index is 1020. The Labute approximate surface area is 164 Å². The first-order chi connectivity index (χ1) is 13.6. The molecule has 1 fully saturated rings. The van der Waals surface area contributed by atoms with E-state index in [4.69, 9.17) is 4.98 Å². The average Bonchev–Trinajstić information content (AvgIpc) is 2.74. The predicted octanol–water partition coefficient (Wildman–Crippen LogP) is 2.46. The molecule has 0 radical (unpaired) electrons. The summed E-state index contributed by atoms with van der Waals surface area (Å²) in [6.07, 6.45) is 3.69. The van der Waals surface area contributed by atoms with Gasteiger partial charge >= 0.3 is 0 Å². The first-order valence-electron chi connectivity index (χ1n) is 9.79. The van der Waals surface area contributed by atoms with Gasteiger partial charge in [0.1, 0.15) is 5.82 Å². The molecule has 0 atom stereocenters. The largest absolute Gasteiger partial charge is 0.354 e. The zero-order valence-corrected chi connectivity index (χ0v) is 16.3. The Morgan fingerprint density at radius 2 is 1.93 bits per heavy atom. The summed E-state index contributed by atoms with van der Waals surface area (Å²) < 4.78 is 0. The van der Waals surface area contributed by atoms with Crippen molar-refractivity contribution in [1.29, 1.82) is 0 Å². The number of aromatic amines is 1. The highest BCUT2D eigenvalue weighted by Crippen LogP contribution is 2.26. The Morgan fingerprint density at radius 1 is 1.18 bits per heavy atom. The molecule has 3 heterocycles. The van der Waals surface area contributed by atoms with Gasteiger partial charge in [0, 0.05) is 56.1 Å². The number of hydrogen-bond donors (Lipinski definition) is 3. The number of pyridine rings is 1. The van der Waals surface area contributed by atoms with E-state index in [0.29, 0.717) is 23.8 Å². The lowest BCUT2D eigenvalue weighted by Crippen LogP contribution is -2.44. The molecular formula is C21H26N6O. The Balaban J connectivity index is 1.60. The molecule has 0 spiro atoms. The SMILES string of the molecule is CC(C)c1cnc(NCc2c[nH]c(=O)c3ccccc23)nc1N1CCNCC1. The first-order valence-corrected chi connectivity index (χ1v) is 9.79. The number of fused-ring (bicyclic) bond motifs is 1. The van der Waals surface area contributed by atoms with E-state index in [1.165, 1.54) is 5.56 Å². The summed E-state index contributed by atoms with van der Waals surface area (Å²) in [6.45, 7) is 8.70. The standard InChI is InChI=1S/C21H26N6O/c1-14(2)18-13-25-21(26-19(18)27-9-7-22-8-10-27)24-12-15-11-23-20(28)17-6-4-3-5-16(15)17/h3-6,11,13-14,22H,7-10,12H2,1-2H3,(H,23,28)(H,24,25,26). The second-order valence-electron chi connectivity index (χ2n) is 7.41. The lowest BCUT2D eigenvalue weighted by atomic mass is 10.1. The van der Waals surface area contributed by atoms with E-state index in [1.807, 2.05) is 30.5 Å². The second-order valence-corrected chi connectivity index (χ2v) is 7.41. The summed E-state index contributed by atoms with van der Waals surface area (Å²) in [7, 11) is 0. The molecule has 0 unspecified atom stereocenters. The van der Waals surface area contributed by atoms with Gasteiger partial charge < -0.3 is 20.5 Å². The smallest absolute Gasteiger partial charge is 0.255 e. The molecule has 4 rings (SSSR count). The van der Waals surface area contributed by atoms with E-state index in [-0.39, 0.29) is 5.56 Å². The van der Waals surface area contributed by atoms with Crippen LogP contribution in [0.2, 0.25) is 0 Å². The van der Waals surface area contributed by atoms with Crippen LogP contribution in [0.4, 0.5) is 11.8 Å². The molecular weight excluding hydrogens is 352 g/mol. The summed E-state index contributed by atoms with van der Waals surface area (Å²) in [4.78, 5) is 26.5. The molecule has 0 bridgehead atoms. The number of aromatic nitrogens is 3. The quantitative estimate of drug-likeness (QED) is 0.632. The highest BCUT2D eigenvalue weighted by atomic mass is 16.1. The molecule has 7 nitrogen and oxygen atoms in total. The number of nitrogens with zero attached hydrogens (tertiary/aromatic N) is 3. The number of anilines is 2. The molecule has 146 valence electrons. The maximum atomic E-state index is 12.0. The highest BCUT2D eigenvalue weighted by Gasteiger charge is 2.19. The number of nitrogens with one attached hydrogen (secondary N) is 3. The number of piperazine rings is 1. The van der Waals surface area contributed by atoms with Gasteiger partial charge in [-0.2, -0.15) is 4.98 Å². The van der Waals surface area contributed by atoms with Gasteiger partial charge in [-0.15, -0.1) is 0 Å². The third kappa shape index (κ3) is 3.71. The summed E-state index contributed by atoms with van der Waals surface area (Å²) in [6, 6.07) is 7.63. The number of rotatable bonds is 5. The molecule has 1 aliphatic heterocycles. The zero-order chi connectivity index (χ0) is 19.5. The fraction of sp³-hybridized carbons (Fsp3) is 0.381. The van der Waals surface area contributed by atoms with Crippen molar-refractivity contribution < 1.29 is 0 Å². The zero-order valence-electron chi connectivity index (χ0n) is 16.3. The average molecular weight is 378 g/mol. The molecule has 3 aromatic rings. The fourth-order valence-corrected chi connectivity index (χ4v) is 3.59. The number of hydrogen-bond acceptors (Lipinski definition) is 6. The normalized spacial score (nSPS) is 14.6. The van der Waals surface area contributed by atoms with Crippen molar-refractivity contribution in [3.05, 3.63) is 58.1 Å². The van der Waals surface area contributed by atoms with Crippen molar-refractivity contribution in [3.8, 4) is 0 Å². The molecule has 3 N–H and O–H groups in total. The molecule has 0 amide bonds. The van der Waals surface area contributed by atoms with Gasteiger partial charge in [0.15, 0.2) is 0 Å². The topological polar surface area (TPSA) is 85.9 Å². The van der Waals surface area contributed by atoms with Crippen LogP contribution in [0.1, 0.15) is 30.9 Å². The molecule has 28 heavy (non-hydrogen) atoms. The predicted molar refractivity (Wildman–Crippen MR) is 113 cm³/mol. The maximum absolute atomic E-state index is 12.0. The van der Waals surface area contributed by atoms with Crippen LogP contribution in [0, 0.1) is 0 Å². The van der Waals surface area contributed by atoms with Gasteiger partial charge in [-0.25, -0.2) is 4.98 Å². The Hall–Kier alpha value is -2.93. The third-order valence-corrected chi connectivity index (χ3v) is 5.17. The fourth-order valence-electron chi connectivity index (χ4n) is 3.59. The van der Waals surface area contributed by atoms with Crippen LogP contribution in [-0.2, 0) is 6.54 Å². The molecule has 2 aromatic heterocycles. The highest BCUT2D eigenvalue weighted by molar-refractivity contribution is 5.84. The van der Waals surface area contributed by atoms with Crippen molar-refractivity contribution in [3.63, 3.8) is 0 Å². The molecule has 7 heteroatoms. The lowest BCUT2D eigenvalue weighted by Gasteiger charge is -2.30. The summed E-state index contributed by atoms with van der Waals surface area (Å²) in [5.74, 6) is 1.98. The van der Waals surface area contributed by atoms with Gasteiger partial charge in [0.25, 0.3) is 5.56 Å². The minimum Gasteiger partial charge on any atom is -0.354 e. The summed E-state index contributed by atoms with van der Waals surface area (Å²) >= 11 is 0. The first kappa shape index (κ1) is 18.4. The number of H-pyrrole nitrogens is 1. The van der Waals surface area contributed by atoms with Crippen molar-refractivity contribution in [2.24, 2.45) is 0 Å². The molecule has 0 aliphatic carbocycles. The van der Waals surface area contributed by atoms with Gasteiger partial charge in [0.2, 0.25) is 5.95 Å². The van der Waals surface area contributed by atoms with Crippen LogP contribution in [0.3, 0.4) is 0 Å². The minimum absolute atomic E-state index is 0.0714. The van der Waals surface area contributed by atoms with Crippen LogP contribution in [0.15, 0.2) is 41.5 Å². The molecule has 1 aliphatic rings. The Kier molecular flexibility index (Phi) is 5.25. The van der Waals surface area contributed by atoms with Crippen LogP contribution < -0.4 is 21.1 Å². The third-order valence-electron chi connectivity index (χ3n) is 5.17.